The maximum Gasteiger partial charge on any atom is 0.222 e. The zero-order valence-corrected chi connectivity index (χ0v) is 9.67. The van der Waals surface area contributed by atoms with Gasteiger partial charge >= 0.3 is 0 Å². The Labute approximate surface area is 100 Å². The number of nitrogens with two attached hydrogens (primary N) is 1. The molecular formula is C13H14N4. The van der Waals surface area contributed by atoms with Gasteiger partial charge in [-0.3, -0.25) is 0 Å². The molecule has 1 aromatic carbocycles. The van der Waals surface area contributed by atoms with Crippen LogP contribution < -0.4 is 5.73 Å². The molecular weight excluding hydrogens is 212 g/mol. The van der Waals surface area contributed by atoms with Gasteiger partial charge in [0.25, 0.3) is 0 Å². The lowest BCUT2D eigenvalue weighted by atomic mass is 10.0. The number of rotatable bonds is 0. The lowest BCUT2D eigenvalue weighted by Crippen LogP contribution is -2.33. The van der Waals surface area contributed by atoms with E-state index in [0.29, 0.717) is 11.9 Å². The standard InChI is InChI=1S/C13H14N4/c1-9-6-7-12-10-4-2-3-5-11(10)16-13(14)17(12)15-8-9/h2-5,7-9H,6H2,1H3,(H2,14,16). The summed E-state index contributed by atoms with van der Waals surface area (Å²) in [5.41, 5.74) is 8.98. The summed E-state index contributed by atoms with van der Waals surface area (Å²) in [4.78, 5) is 4.36. The monoisotopic (exact) mass is 226 g/mol. The second-order valence-corrected chi connectivity index (χ2v) is 4.37. The molecule has 1 atom stereocenters. The highest BCUT2D eigenvalue weighted by Gasteiger charge is 2.23. The van der Waals surface area contributed by atoms with E-state index in [0.717, 1.165) is 23.4 Å². The maximum atomic E-state index is 5.94. The molecule has 0 radical (unpaired) electrons. The summed E-state index contributed by atoms with van der Waals surface area (Å²) in [6, 6.07) is 8.00. The van der Waals surface area contributed by atoms with E-state index in [-0.39, 0.29) is 0 Å². The summed E-state index contributed by atoms with van der Waals surface area (Å²) >= 11 is 0. The van der Waals surface area contributed by atoms with Crippen molar-refractivity contribution in [1.29, 1.82) is 0 Å². The third kappa shape index (κ3) is 1.62. The van der Waals surface area contributed by atoms with Crippen molar-refractivity contribution in [3.63, 3.8) is 0 Å². The molecule has 2 heterocycles. The average molecular weight is 226 g/mol. The van der Waals surface area contributed by atoms with E-state index in [1.807, 2.05) is 24.4 Å². The van der Waals surface area contributed by atoms with Crippen molar-refractivity contribution in [1.82, 2.24) is 5.01 Å². The molecule has 0 saturated carbocycles. The van der Waals surface area contributed by atoms with Gasteiger partial charge in [0.2, 0.25) is 5.96 Å². The Morgan fingerprint density at radius 1 is 1.35 bits per heavy atom. The van der Waals surface area contributed by atoms with E-state index >= 15 is 0 Å². The van der Waals surface area contributed by atoms with Gasteiger partial charge in [0, 0.05) is 11.8 Å². The lowest BCUT2D eigenvalue weighted by Gasteiger charge is -2.25. The van der Waals surface area contributed by atoms with Crippen LogP contribution in [-0.4, -0.2) is 17.2 Å². The summed E-state index contributed by atoms with van der Waals surface area (Å²) < 4.78 is 0. The molecule has 2 aliphatic heterocycles. The molecule has 1 unspecified atom stereocenters. The fraction of sp³-hybridized carbons (Fsp3) is 0.231. The Kier molecular flexibility index (Phi) is 2.21. The first-order valence-electron chi connectivity index (χ1n) is 5.73. The zero-order valence-electron chi connectivity index (χ0n) is 9.67. The van der Waals surface area contributed by atoms with Crippen LogP contribution in [0.1, 0.15) is 18.9 Å². The third-order valence-corrected chi connectivity index (χ3v) is 2.98. The molecule has 0 bridgehead atoms. The first-order chi connectivity index (χ1) is 8.25. The Morgan fingerprint density at radius 3 is 3.06 bits per heavy atom. The highest BCUT2D eigenvalue weighted by Crippen LogP contribution is 2.34. The van der Waals surface area contributed by atoms with E-state index in [4.69, 9.17) is 5.73 Å². The quantitative estimate of drug-likeness (QED) is 0.738. The molecule has 4 heteroatoms. The van der Waals surface area contributed by atoms with Crippen molar-refractivity contribution in [2.24, 2.45) is 21.7 Å². The number of para-hydroxylation sites is 1. The van der Waals surface area contributed by atoms with Crippen molar-refractivity contribution >= 4 is 23.6 Å². The molecule has 0 fully saturated rings. The van der Waals surface area contributed by atoms with Crippen molar-refractivity contribution in [2.75, 3.05) is 0 Å². The summed E-state index contributed by atoms with van der Waals surface area (Å²) in [5, 5.41) is 6.10. The van der Waals surface area contributed by atoms with Gasteiger partial charge in [-0.2, -0.15) is 5.10 Å². The van der Waals surface area contributed by atoms with Crippen LogP contribution in [-0.2, 0) is 0 Å². The fourth-order valence-corrected chi connectivity index (χ4v) is 2.05. The number of guanidine groups is 1. The van der Waals surface area contributed by atoms with E-state index in [9.17, 15) is 0 Å². The van der Waals surface area contributed by atoms with Gasteiger partial charge in [-0.05, 0) is 18.4 Å². The highest BCUT2D eigenvalue weighted by molar-refractivity contribution is 5.96. The van der Waals surface area contributed by atoms with Gasteiger partial charge in [-0.25, -0.2) is 10.0 Å². The van der Waals surface area contributed by atoms with Crippen LogP contribution in [0, 0.1) is 5.92 Å². The van der Waals surface area contributed by atoms with Crippen molar-refractivity contribution in [3.05, 3.63) is 35.9 Å². The highest BCUT2D eigenvalue weighted by atomic mass is 15.5. The number of hydrogen-bond acceptors (Lipinski definition) is 4. The molecule has 2 aliphatic rings. The molecule has 0 saturated heterocycles. The maximum absolute atomic E-state index is 5.94. The van der Waals surface area contributed by atoms with Crippen molar-refractivity contribution in [2.45, 2.75) is 13.3 Å². The van der Waals surface area contributed by atoms with Crippen LogP contribution in [0.3, 0.4) is 0 Å². The SMILES string of the molecule is CC1C=NN2C(=CC1)c1ccccc1N=C2N. The van der Waals surface area contributed by atoms with Crippen LogP contribution in [0.2, 0.25) is 0 Å². The van der Waals surface area contributed by atoms with Crippen molar-refractivity contribution < 1.29 is 0 Å². The minimum Gasteiger partial charge on any atom is -0.368 e. The van der Waals surface area contributed by atoms with Crippen LogP contribution >= 0.6 is 0 Å². The van der Waals surface area contributed by atoms with E-state index in [2.05, 4.69) is 29.2 Å². The van der Waals surface area contributed by atoms with Crippen molar-refractivity contribution in [3.8, 4) is 0 Å². The summed E-state index contributed by atoms with van der Waals surface area (Å²) in [6.45, 7) is 2.14. The molecule has 2 N–H and O–H groups in total. The second kappa shape index (κ2) is 3.73. The molecule has 0 amide bonds. The molecule has 0 aromatic heterocycles. The van der Waals surface area contributed by atoms with E-state index < -0.39 is 0 Å². The zero-order chi connectivity index (χ0) is 11.8. The average Bonchev–Trinajstić information content (AvgIpc) is 2.53. The van der Waals surface area contributed by atoms with Gasteiger partial charge in [0.1, 0.15) is 0 Å². The first kappa shape index (κ1) is 10.1. The normalized spacial score (nSPS) is 22.2. The third-order valence-electron chi connectivity index (χ3n) is 2.98. The molecule has 0 spiro atoms. The predicted molar refractivity (Wildman–Crippen MR) is 69.8 cm³/mol. The largest absolute Gasteiger partial charge is 0.368 e. The number of fused-ring (bicyclic) bond motifs is 3. The lowest BCUT2D eigenvalue weighted by molar-refractivity contribution is 0.618. The van der Waals surface area contributed by atoms with Gasteiger partial charge < -0.3 is 5.73 Å². The molecule has 1 aromatic rings. The number of hydrazone groups is 1. The number of hydrogen-bond donors (Lipinski definition) is 1. The van der Waals surface area contributed by atoms with E-state index in [1.54, 1.807) is 5.01 Å². The van der Waals surface area contributed by atoms with E-state index in [1.165, 1.54) is 0 Å². The topological polar surface area (TPSA) is 54.0 Å². The summed E-state index contributed by atoms with van der Waals surface area (Å²) in [5.74, 6) is 0.855. The number of allylic oxidation sites excluding steroid dienone is 1. The smallest absolute Gasteiger partial charge is 0.222 e. The Balaban J connectivity index is 2.18. The molecule has 0 aliphatic carbocycles. The van der Waals surface area contributed by atoms with Crippen LogP contribution in [0.15, 0.2) is 40.4 Å². The summed E-state index contributed by atoms with van der Waals surface area (Å²) in [7, 11) is 0. The molecule has 4 nitrogen and oxygen atoms in total. The molecule has 3 rings (SSSR count). The fourth-order valence-electron chi connectivity index (χ4n) is 2.05. The summed E-state index contributed by atoms with van der Waals surface area (Å²) in [6.07, 6.45) is 5.06. The number of benzene rings is 1. The Hall–Kier alpha value is -2.10. The van der Waals surface area contributed by atoms with Crippen LogP contribution in [0.4, 0.5) is 5.69 Å². The molecule has 86 valence electrons. The number of nitrogens with zero attached hydrogens (tertiary/aromatic N) is 3. The van der Waals surface area contributed by atoms with Crippen LogP contribution in [0.25, 0.3) is 5.70 Å². The van der Waals surface area contributed by atoms with Crippen LogP contribution in [0.5, 0.6) is 0 Å². The number of aliphatic imine (C=N–C) groups is 1. The second-order valence-electron chi connectivity index (χ2n) is 4.37. The first-order valence-corrected chi connectivity index (χ1v) is 5.73. The van der Waals surface area contributed by atoms with Gasteiger partial charge in [-0.15, -0.1) is 0 Å². The Bertz CT molecular complexity index is 542. The Morgan fingerprint density at radius 2 is 2.18 bits per heavy atom. The van der Waals surface area contributed by atoms with Gasteiger partial charge in [0.05, 0.1) is 11.4 Å². The van der Waals surface area contributed by atoms with Gasteiger partial charge in [-0.1, -0.05) is 31.2 Å². The predicted octanol–water partition coefficient (Wildman–Crippen LogP) is 2.31. The minimum absolute atomic E-state index is 0.424. The minimum atomic E-state index is 0.424. The molecule has 17 heavy (non-hydrogen) atoms. The van der Waals surface area contributed by atoms with Gasteiger partial charge in [0.15, 0.2) is 0 Å².